The van der Waals surface area contributed by atoms with Crippen LogP contribution in [0.5, 0.6) is 0 Å². The SMILES string of the molecule is CN(C)S(=O)(=O)c1ccc(CNCC2CC2(C)C)o1. The van der Waals surface area contributed by atoms with E-state index in [4.69, 9.17) is 4.42 Å². The van der Waals surface area contributed by atoms with Gasteiger partial charge < -0.3 is 9.73 Å². The fraction of sp³-hybridized carbons (Fsp3) is 0.692. The van der Waals surface area contributed by atoms with Gasteiger partial charge in [0, 0.05) is 14.1 Å². The van der Waals surface area contributed by atoms with E-state index in [1.807, 2.05) is 0 Å². The zero-order valence-corrected chi connectivity index (χ0v) is 12.8. The summed E-state index contributed by atoms with van der Waals surface area (Å²) in [4.78, 5) is 0. The first-order chi connectivity index (χ1) is 8.73. The molecule has 0 amide bonds. The minimum Gasteiger partial charge on any atom is -0.447 e. The lowest BCUT2D eigenvalue weighted by Gasteiger charge is -2.08. The molecular formula is C13H22N2O3S. The summed E-state index contributed by atoms with van der Waals surface area (Å²) in [7, 11) is -0.483. The Balaban J connectivity index is 1.88. The molecule has 0 spiro atoms. The van der Waals surface area contributed by atoms with E-state index >= 15 is 0 Å². The van der Waals surface area contributed by atoms with Crippen LogP contribution in [0.25, 0.3) is 0 Å². The summed E-state index contributed by atoms with van der Waals surface area (Å²) in [5, 5.41) is 3.31. The van der Waals surface area contributed by atoms with E-state index in [1.54, 1.807) is 6.07 Å². The van der Waals surface area contributed by atoms with Crippen molar-refractivity contribution < 1.29 is 12.8 Å². The Kier molecular flexibility index (Phi) is 3.77. The maximum absolute atomic E-state index is 11.8. The summed E-state index contributed by atoms with van der Waals surface area (Å²) in [6.45, 7) is 6.03. The van der Waals surface area contributed by atoms with Gasteiger partial charge in [-0.15, -0.1) is 0 Å². The third-order valence-corrected chi connectivity index (χ3v) is 5.47. The fourth-order valence-corrected chi connectivity index (χ4v) is 2.88. The molecule has 0 aliphatic heterocycles. The van der Waals surface area contributed by atoms with Gasteiger partial charge in [0.1, 0.15) is 5.76 Å². The van der Waals surface area contributed by atoms with Gasteiger partial charge in [-0.3, -0.25) is 0 Å². The second kappa shape index (κ2) is 4.92. The monoisotopic (exact) mass is 286 g/mol. The fourth-order valence-electron chi connectivity index (χ4n) is 2.07. The van der Waals surface area contributed by atoms with Crippen molar-refractivity contribution >= 4 is 10.0 Å². The van der Waals surface area contributed by atoms with Crippen molar-refractivity contribution in [3.8, 4) is 0 Å². The molecule has 1 saturated carbocycles. The van der Waals surface area contributed by atoms with Gasteiger partial charge in [-0.25, -0.2) is 12.7 Å². The highest BCUT2D eigenvalue weighted by Crippen LogP contribution is 2.50. The summed E-state index contributed by atoms with van der Waals surface area (Å²) in [5.74, 6) is 1.37. The molecule has 1 unspecified atom stereocenters. The van der Waals surface area contributed by atoms with Gasteiger partial charge in [-0.1, -0.05) is 13.8 Å². The number of nitrogens with zero attached hydrogens (tertiary/aromatic N) is 1. The van der Waals surface area contributed by atoms with Crippen LogP contribution in [0.15, 0.2) is 21.6 Å². The van der Waals surface area contributed by atoms with Crippen molar-refractivity contribution in [2.75, 3.05) is 20.6 Å². The number of hydrogen-bond donors (Lipinski definition) is 1. The first-order valence-electron chi connectivity index (χ1n) is 6.45. The topological polar surface area (TPSA) is 62.6 Å². The van der Waals surface area contributed by atoms with Gasteiger partial charge in [0.05, 0.1) is 6.54 Å². The van der Waals surface area contributed by atoms with Crippen LogP contribution >= 0.6 is 0 Å². The Bertz CT molecular complexity index is 546. The molecule has 1 aromatic rings. The lowest BCUT2D eigenvalue weighted by atomic mass is 10.1. The standard InChI is InChI=1S/C13H22N2O3S/c1-13(2)7-10(13)8-14-9-11-5-6-12(18-11)19(16,17)15(3)4/h5-6,10,14H,7-9H2,1-4H3. The van der Waals surface area contributed by atoms with E-state index in [1.165, 1.54) is 26.6 Å². The molecule has 108 valence electrons. The minimum absolute atomic E-state index is 0.000974. The van der Waals surface area contributed by atoms with E-state index < -0.39 is 10.0 Å². The Morgan fingerprint density at radius 3 is 2.58 bits per heavy atom. The molecule has 1 fully saturated rings. The van der Waals surface area contributed by atoms with Gasteiger partial charge in [0.15, 0.2) is 0 Å². The van der Waals surface area contributed by atoms with E-state index in [9.17, 15) is 8.42 Å². The zero-order chi connectivity index (χ0) is 14.3. The lowest BCUT2D eigenvalue weighted by Crippen LogP contribution is -2.21. The van der Waals surface area contributed by atoms with E-state index in [-0.39, 0.29) is 5.09 Å². The largest absolute Gasteiger partial charge is 0.447 e. The van der Waals surface area contributed by atoms with Crippen molar-refractivity contribution in [1.82, 2.24) is 9.62 Å². The zero-order valence-electron chi connectivity index (χ0n) is 11.9. The van der Waals surface area contributed by atoms with Crippen LogP contribution in [0, 0.1) is 11.3 Å². The third-order valence-electron chi connectivity index (χ3n) is 3.78. The first kappa shape index (κ1) is 14.6. The van der Waals surface area contributed by atoms with Crippen molar-refractivity contribution in [3.63, 3.8) is 0 Å². The van der Waals surface area contributed by atoms with Crippen LogP contribution < -0.4 is 5.32 Å². The van der Waals surface area contributed by atoms with Crippen LogP contribution in [0.4, 0.5) is 0 Å². The summed E-state index contributed by atoms with van der Waals surface area (Å²) >= 11 is 0. The molecule has 1 heterocycles. The number of hydrogen-bond acceptors (Lipinski definition) is 4. The van der Waals surface area contributed by atoms with Crippen molar-refractivity contribution in [2.24, 2.45) is 11.3 Å². The molecule has 1 aromatic heterocycles. The minimum atomic E-state index is -3.46. The second-order valence-corrected chi connectivity index (χ2v) is 8.11. The molecule has 19 heavy (non-hydrogen) atoms. The van der Waals surface area contributed by atoms with Crippen LogP contribution in [0.3, 0.4) is 0 Å². The normalized spacial score (nSPS) is 21.8. The van der Waals surface area contributed by atoms with Crippen LogP contribution in [-0.2, 0) is 16.6 Å². The third kappa shape index (κ3) is 3.19. The predicted molar refractivity (Wildman–Crippen MR) is 73.2 cm³/mol. The smallest absolute Gasteiger partial charge is 0.275 e. The molecule has 1 N–H and O–H groups in total. The Hall–Kier alpha value is -0.850. The quantitative estimate of drug-likeness (QED) is 0.864. The molecular weight excluding hydrogens is 264 g/mol. The highest BCUT2D eigenvalue weighted by Gasteiger charge is 2.44. The molecule has 1 aliphatic carbocycles. The molecule has 0 bridgehead atoms. The maximum Gasteiger partial charge on any atom is 0.275 e. The van der Waals surface area contributed by atoms with E-state index in [0.29, 0.717) is 23.6 Å². The molecule has 1 aliphatic rings. The Labute approximate surface area is 115 Å². The van der Waals surface area contributed by atoms with Crippen LogP contribution in [0.2, 0.25) is 0 Å². The maximum atomic E-state index is 11.8. The number of furan rings is 1. The van der Waals surface area contributed by atoms with Gasteiger partial charge in [0.2, 0.25) is 5.09 Å². The Morgan fingerprint density at radius 2 is 2.05 bits per heavy atom. The van der Waals surface area contributed by atoms with Crippen LogP contribution in [-0.4, -0.2) is 33.4 Å². The highest BCUT2D eigenvalue weighted by atomic mass is 32.2. The average molecular weight is 286 g/mol. The van der Waals surface area contributed by atoms with E-state index in [2.05, 4.69) is 19.2 Å². The first-order valence-corrected chi connectivity index (χ1v) is 7.89. The summed E-state index contributed by atoms with van der Waals surface area (Å²) in [6.07, 6.45) is 1.25. The summed E-state index contributed by atoms with van der Waals surface area (Å²) in [6, 6.07) is 3.22. The molecule has 0 aromatic carbocycles. The molecule has 1 atom stereocenters. The molecule has 0 saturated heterocycles. The van der Waals surface area contributed by atoms with E-state index in [0.717, 1.165) is 10.8 Å². The van der Waals surface area contributed by atoms with Gasteiger partial charge in [0.25, 0.3) is 10.0 Å². The summed E-state index contributed by atoms with van der Waals surface area (Å²) in [5.41, 5.74) is 0.454. The predicted octanol–water partition coefficient (Wildman–Crippen LogP) is 1.67. The molecule has 6 heteroatoms. The van der Waals surface area contributed by atoms with Gasteiger partial charge >= 0.3 is 0 Å². The van der Waals surface area contributed by atoms with Crippen molar-refractivity contribution in [2.45, 2.75) is 31.9 Å². The summed E-state index contributed by atoms with van der Waals surface area (Å²) < 4.78 is 30.2. The number of rotatable bonds is 6. The highest BCUT2D eigenvalue weighted by molar-refractivity contribution is 7.88. The van der Waals surface area contributed by atoms with Gasteiger partial charge in [-0.05, 0) is 36.4 Å². The average Bonchev–Trinajstić information content (AvgIpc) is 2.75. The molecule has 5 nitrogen and oxygen atoms in total. The van der Waals surface area contributed by atoms with Gasteiger partial charge in [-0.2, -0.15) is 0 Å². The van der Waals surface area contributed by atoms with Crippen molar-refractivity contribution in [1.29, 1.82) is 0 Å². The Morgan fingerprint density at radius 1 is 1.42 bits per heavy atom. The second-order valence-electron chi connectivity index (χ2n) is 6.03. The number of nitrogens with one attached hydrogen (secondary N) is 1. The molecule has 0 radical (unpaired) electrons. The lowest BCUT2D eigenvalue weighted by molar-refractivity contribution is 0.385. The number of sulfonamides is 1. The van der Waals surface area contributed by atoms with Crippen molar-refractivity contribution in [3.05, 3.63) is 17.9 Å². The van der Waals surface area contributed by atoms with Crippen LogP contribution in [0.1, 0.15) is 26.0 Å². The molecule has 2 rings (SSSR count).